The van der Waals surface area contributed by atoms with E-state index in [1.165, 1.54) is 4.88 Å². The molecule has 110 valence electrons. The van der Waals surface area contributed by atoms with E-state index in [0.717, 1.165) is 11.3 Å². The van der Waals surface area contributed by atoms with Crippen molar-refractivity contribution in [1.82, 2.24) is 10.2 Å². The van der Waals surface area contributed by atoms with Crippen LogP contribution < -0.4 is 5.32 Å². The van der Waals surface area contributed by atoms with Gasteiger partial charge in [0.25, 0.3) is 0 Å². The molecule has 2 amide bonds. The molecule has 0 spiro atoms. The number of hydrogen-bond acceptors (Lipinski definition) is 3. The SMILES string of the molecule is CCc1ccc(CN2C(=O)C(C)NC(=O)C2(C)CC)s1. The zero-order chi connectivity index (χ0) is 14.9. The van der Waals surface area contributed by atoms with E-state index in [-0.39, 0.29) is 11.8 Å². The molecule has 2 unspecified atom stereocenters. The monoisotopic (exact) mass is 294 g/mol. The fourth-order valence-electron chi connectivity index (χ4n) is 2.47. The Morgan fingerprint density at radius 2 is 1.95 bits per heavy atom. The van der Waals surface area contributed by atoms with Gasteiger partial charge in [-0.15, -0.1) is 11.3 Å². The third-order valence-corrected chi connectivity index (χ3v) is 5.35. The van der Waals surface area contributed by atoms with Crippen LogP contribution in [0.25, 0.3) is 0 Å². The molecule has 1 aliphatic heterocycles. The molecule has 2 rings (SSSR count). The van der Waals surface area contributed by atoms with Gasteiger partial charge in [0, 0.05) is 9.75 Å². The molecular weight excluding hydrogens is 272 g/mol. The van der Waals surface area contributed by atoms with E-state index in [0.29, 0.717) is 13.0 Å². The highest BCUT2D eigenvalue weighted by Crippen LogP contribution is 2.29. The van der Waals surface area contributed by atoms with Crippen LogP contribution in [0.4, 0.5) is 0 Å². The smallest absolute Gasteiger partial charge is 0.246 e. The van der Waals surface area contributed by atoms with Crippen LogP contribution in [-0.4, -0.2) is 28.3 Å². The summed E-state index contributed by atoms with van der Waals surface area (Å²) in [4.78, 5) is 28.9. The van der Waals surface area contributed by atoms with E-state index in [2.05, 4.69) is 24.4 Å². The van der Waals surface area contributed by atoms with E-state index < -0.39 is 11.6 Å². The molecule has 0 saturated carbocycles. The first-order valence-electron chi connectivity index (χ1n) is 7.12. The average molecular weight is 294 g/mol. The molecule has 0 radical (unpaired) electrons. The highest BCUT2D eigenvalue weighted by Gasteiger charge is 2.46. The third-order valence-electron chi connectivity index (χ3n) is 4.14. The summed E-state index contributed by atoms with van der Waals surface area (Å²) in [6.45, 7) is 8.18. The van der Waals surface area contributed by atoms with Crippen LogP contribution in [0.3, 0.4) is 0 Å². The second-order valence-corrected chi connectivity index (χ2v) is 6.72. The molecule has 1 fully saturated rings. The lowest BCUT2D eigenvalue weighted by atomic mass is 9.91. The van der Waals surface area contributed by atoms with E-state index in [1.54, 1.807) is 23.2 Å². The first kappa shape index (κ1) is 15.0. The van der Waals surface area contributed by atoms with Crippen LogP contribution in [-0.2, 0) is 22.6 Å². The normalized spacial score (nSPS) is 26.8. The van der Waals surface area contributed by atoms with Crippen LogP contribution >= 0.6 is 11.3 Å². The molecule has 1 saturated heterocycles. The summed E-state index contributed by atoms with van der Waals surface area (Å²) in [5.74, 6) is -0.0558. The molecule has 1 aromatic rings. The Kier molecular flexibility index (Phi) is 4.18. The van der Waals surface area contributed by atoms with Crippen molar-refractivity contribution in [2.75, 3.05) is 0 Å². The Balaban J connectivity index is 2.28. The van der Waals surface area contributed by atoms with Crippen molar-refractivity contribution in [1.29, 1.82) is 0 Å². The van der Waals surface area contributed by atoms with E-state index in [1.807, 2.05) is 13.8 Å². The van der Waals surface area contributed by atoms with Gasteiger partial charge >= 0.3 is 0 Å². The van der Waals surface area contributed by atoms with Gasteiger partial charge in [-0.25, -0.2) is 0 Å². The van der Waals surface area contributed by atoms with Gasteiger partial charge in [0.05, 0.1) is 6.54 Å². The predicted molar refractivity (Wildman–Crippen MR) is 80.5 cm³/mol. The van der Waals surface area contributed by atoms with Crippen molar-refractivity contribution in [2.24, 2.45) is 0 Å². The van der Waals surface area contributed by atoms with Gasteiger partial charge in [-0.3, -0.25) is 9.59 Å². The van der Waals surface area contributed by atoms with Crippen molar-refractivity contribution in [3.8, 4) is 0 Å². The molecule has 5 heteroatoms. The molecule has 1 N–H and O–H groups in total. The van der Waals surface area contributed by atoms with Crippen LogP contribution in [0.2, 0.25) is 0 Å². The first-order chi connectivity index (χ1) is 9.42. The van der Waals surface area contributed by atoms with E-state index >= 15 is 0 Å². The Hall–Kier alpha value is -1.36. The zero-order valence-corrected chi connectivity index (χ0v) is 13.3. The minimum atomic E-state index is -0.750. The van der Waals surface area contributed by atoms with Gasteiger partial charge in [-0.2, -0.15) is 0 Å². The molecular formula is C15H22N2O2S. The minimum absolute atomic E-state index is 0.000369. The van der Waals surface area contributed by atoms with Crippen molar-refractivity contribution < 1.29 is 9.59 Å². The Labute approximate surface area is 124 Å². The molecule has 1 aliphatic rings. The summed E-state index contributed by atoms with van der Waals surface area (Å²) >= 11 is 1.72. The number of nitrogens with one attached hydrogen (secondary N) is 1. The third kappa shape index (κ3) is 2.46. The number of hydrogen-bond donors (Lipinski definition) is 1. The van der Waals surface area contributed by atoms with Crippen molar-refractivity contribution in [3.05, 3.63) is 21.9 Å². The number of aryl methyl sites for hydroxylation is 1. The molecule has 4 nitrogen and oxygen atoms in total. The summed E-state index contributed by atoms with van der Waals surface area (Å²) in [5.41, 5.74) is -0.750. The molecule has 20 heavy (non-hydrogen) atoms. The summed E-state index contributed by atoms with van der Waals surface area (Å²) in [7, 11) is 0. The maximum atomic E-state index is 12.4. The second kappa shape index (κ2) is 5.56. The lowest BCUT2D eigenvalue weighted by molar-refractivity contribution is -0.157. The predicted octanol–water partition coefficient (Wildman–Crippen LogP) is 2.33. The first-order valence-corrected chi connectivity index (χ1v) is 7.94. The fraction of sp³-hybridized carbons (Fsp3) is 0.600. The summed E-state index contributed by atoms with van der Waals surface area (Å²) in [6.07, 6.45) is 1.61. The zero-order valence-electron chi connectivity index (χ0n) is 12.5. The van der Waals surface area contributed by atoms with Crippen molar-refractivity contribution in [3.63, 3.8) is 0 Å². The summed E-state index contributed by atoms with van der Waals surface area (Å²) in [6, 6.07) is 3.72. The number of thiophene rings is 1. The van der Waals surface area contributed by atoms with E-state index in [4.69, 9.17) is 0 Å². The molecule has 0 bridgehead atoms. The van der Waals surface area contributed by atoms with Gasteiger partial charge in [0.1, 0.15) is 11.6 Å². The fourth-order valence-corrected chi connectivity index (χ4v) is 3.42. The topological polar surface area (TPSA) is 49.4 Å². The van der Waals surface area contributed by atoms with Crippen LogP contribution in [0.15, 0.2) is 12.1 Å². The molecule has 2 atom stereocenters. The number of carbonyl (C=O) groups excluding carboxylic acids is 2. The Bertz CT molecular complexity index is 526. The van der Waals surface area contributed by atoms with Gasteiger partial charge in [-0.1, -0.05) is 13.8 Å². The Morgan fingerprint density at radius 3 is 2.50 bits per heavy atom. The highest BCUT2D eigenvalue weighted by atomic mass is 32.1. The van der Waals surface area contributed by atoms with Crippen LogP contribution in [0.1, 0.15) is 43.9 Å². The maximum Gasteiger partial charge on any atom is 0.246 e. The maximum absolute atomic E-state index is 12.4. The molecule has 0 aromatic carbocycles. The number of nitrogens with zero attached hydrogens (tertiary/aromatic N) is 1. The molecule has 0 aliphatic carbocycles. The lowest BCUT2D eigenvalue weighted by Gasteiger charge is -2.45. The quantitative estimate of drug-likeness (QED) is 0.926. The van der Waals surface area contributed by atoms with Gasteiger partial charge < -0.3 is 10.2 Å². The lowest BCUT2D eigenvalue weighted by Crippen LogP contribution is -2.68. The molecule has 1 aromatic heterocycles. The van der Waals surface area contributed by atoms with Crippen molar-refractivity contribution >= 4 is 23.2 Å². The summed E-state index contributed by atoms with van der Waals surface area (Å²) < 4.78 is 0. The second-order valence-electron chi connectivity index (χ2n) is 5.47. The largest absolute Gasteiger partial charge is 0.343 e. The number of carbonyl (C=O) groups is 2. The standard InChI is InChI=1S/C15H22N2O2S/c1-5-11-7-8-12(20-11)9-17-13(18)10(3)16-14(19)15(17,4)6-2/h7-8,10H,5-6,9H2,1-4H3,(H,16,19). The van der Waals surface area contributed by atoms with Gasteiger partial charge in [0.2, 0.25) is 11.8 Å². The highest BCUT2D eigenvalue weighted by molar-refractivity contribution is 7.11. The Morgan fingerprint density at radius 1 is 1.30 bits per heavy atom. The number of amides is 2. The van der Waals surface area contributed by atoms with Crippen LogP contribution in [0, 0.1) is 0 Å². The van der Waals surface area contributed by atoms with Gasteiger partial charge in [0.15, 0.2) is 0 Å². The minimum Gasteiger partial charge on any atom is -0.343 e. The van der Waals surface area contributed by atoms with Gasteiger partial charge in [-0.05, 0) is 38.8 Å². The van der Waals surface area contributed by atoms with Crippen LogP contribution in [0.5, 0.6) is 0 Å². The number of rotatable bonds is 4. The molecule has 2 heterocycles. The summed E-state index contributed by atoms with van der Waals surface area (Å²) in [5, 5.41) is 2.78. The average Bonchev–Trinajstić information content (AvgIpc) is 2.89. The van der Waals surface area contributed by atoms with E-state index in [9.17, 15) is 9.59 Å². The van der Waals surface area contributed by atoms with Crippen molar-refractivity contribution in [2.45, 2.75) is 58.7 Å². The number of piperazine rings is 1.